The fraction of sp³-hybridized carbons (Fsp3) is 0.118. The van der Waals surface area contributed by atoms with E-state index in [1.807, 2.05) is 24.3 Å². The smallest absolute Gasteiger partial charge is 0.269 e. The molecule has 1 N–H and O–H groups in total. The summed E-state index contributed by atoms with van der Waals surface area (Å²) >= 11 is 1.42. The van der Waals surface area contributed by atoms with E-state index in [1.54, 1.807) is 29.1 Å². The number of carbonyl (C=O) groups excluding carboxylic acids is 1. The Morgan fingerprint density at radius 1 is 1.27 bits per heavy atom. The van der Waals surface area contributed by atoms with Gasteiger partial charge in [0.2, 0.25) is 5.91 Å². The van der Waals surface area contributed by atoms with Crippen molar-refractivity contribution in [2.45, 2.75) is 17.8 Å². The number of non-ortho nitro benzene ring substituents is 1. The third-order valence-electron chi connectivity index (χ3n) is 3.45. The van der Waals surface area contributed by atoms with Gasteiger partial charge in [0.05, 0.1) is 10.6 Å². The molecule has 0 radical (unpaired) electrons. The molecule has 0 unspecified atom stereocenters. The van der Waals surface area contributed by atoms with E-state index >= 15 is 0 Å². The summed E-state index contributed by atoms with van der Waals surface area (Å²) in [6.45, 7) is 1.45. The van der Waals surface area contributed by atoms with Crippen LogP contribution in [0.4, 0.5) is 11.4 Å². The van der Waals surface area contributed by atoms with Gasteiger partial charge in [0.15, 0.2) is 5.16 Å². The predicted molar refractivity (Wildman–Crippen MR) is 98.3 cm³/mol. The molecule has 0 saturated carbocycles. The third-order valence-corrected chi connectivity index (χ3v) is 4.46. The van der Waals surface area contributed by atoms with E-state index in [2.05, 4.69) is 15.5 Å². The van der Waals surface area contributed by atoms with Gasteiger partial charge < -0.3 is 5.32 Å². The highest BCUT2D eigenvalue weighted by molar-refractivity contribution is 7.98. The number of anilines is 1. The SMILES string of the molecule is CC(=O)Nc1cccc(-n2cnnc2SCc2cccc([N+](=O)[O-])c2)c1. The van der Waals surface area contributed by atoms with Crippen LogP contribution in [0, 0.1) is 10.1 Å². The van der Waals surface area contributed by atoms with Crippen LogP contribution in [0.25, 0.3) is 5.69 Å². The lowest BCUT2D eigenvalue weighted by Crippen LogP contribution is -2.06. The summed E-state index contributed by atoms with van der Waals surface area (Å²) in [5, 5.41) is 22.3. The van der Waals surface area contributed by atoms with Crippen LogP contribution in [-0.2, 0) is 10.5 Å². The molecule has 9 heteroatoms. The van der Waals surface area contributed by atoms with Gasteiger partial charge in [0.25, 0.3) is 5.69 Å². The first-order chi connectivity index (χ1) is 12.5. The number of hydrogen-bond donors (Lipinski definition) is 1. The van der Waals surface area contributed by atoms with E-state index < -0.39 is 4.92 Å². The Morgan fingerprint density at radius 2 is 2.08 bits per heavy atom. The number of nitrogens with zero attached hydrogens (tertiary/aromatic N) is 4. The Morgan fingerprint density at radius 3 is 2.85 bits per heavy atom. The number of benzene rings is 2. The van der Waals surface area contributed by atoms with Crippen LogP contribution in [0.2, 0.25) is 0 Å². The van der Waals surface area contributed by atoms with Crippen molar-refractivity contribution < 1.29 is 9.72 Å². The molecule has 1 aromatic heterocycles. The first kappa shape index (κ1) is 17.6. The van der Waals surface area contributed by atoms with Crippen molar-refractivity contribution in [3.8, 4) is 5.69 Å². The maximum atomic E-state index is 11.2. The number of thioether (sulfide) groups is 1. The maximum absolute atomic E-state index is 11.2. The van der Waals surface area contributed by atoms with Crippen molar-refractivity contribution in [2.75, 3.05) is 5.32 Å². The van der Waals surface area contributed by atoms with Gasteiger partial charge in [-0.1, -0.05) is 30.0 Å². The van der Waals surface area contributed by atoms with Gasteiger partial charge in [-0.2, -0.15) is 0 Å². The molecule has 0 saturated heterocycles. The quantitative estimate of drug-likeness (QED) is 0.406. The van der Waals surface area contributed by atoms with E-state index in [4.69, 9.17) is 0 Å². The largest absolute Gasteiger partial charge is 0.326 e. The van der Waals surface area contributed by atoms with Crippen LogP contribution in [-0.4, -0.2) is 25.6 Å². The Balaban J connectivity index is 1.78. The highest BCUT2D eigenvalue weighted by atomic mass is 32.2. The first-order valence-electron chi connectivity index (χ1n) is 7.67. The number of amides is 1. The average Bonchev–Trinajstić information content (AvgIpc) is 3.08. The van der Waals surface area contributed by atoms with Crippen LogP contribution in [0.5, 0.6) is 0 Å². The molecule has 132 valence electrons. The van der Waals surface area contributed by atoms with Gasteiger partial charge in [-0.3, -0.25) is 19.5 Å². The van der Waals surface area contributed by atoms with Crippen molar-refractivity contribution in [1.29, 1.82) is 0 Å². The van der Waals surface area contributed by atoms with Crippen molar-refractivity contribution >= 4 is 29.0 Å². The molecule has 1 amide bonds. The molecule has 0 bridgehead atoms. The minimum atomic E-state index is -0.413. The molecule has 0 aliphatic carbocycles. The lowest BCUT2D eigenvalue weighted by Gasteiger charge is -2.09. The molecule has 0 fully saturated rings. The Kier molecular flexibility index (Phi) is 5.28. The van der Waals surface area contributed by atoms with Crippen LogP contribution in [0.15, 0.2) is 60.0 Å². The highest BCUT2D eigenvalue weighted by Crippen LogP contribution is 2.26. The number of nitro groups is 1. The summed E-state index contributed by atoms with van der Waals surface area (Å²) in [6.07, 6.45) is 1.59. The predicted octanol–water partition coefficient (Wildman–Crippen LogP) is 3.43. The fourth-order valence-electron chi connectivity index (χ4n) is 2.34. The molecule has 26 heavy (non-hydrogen) atoms. The minimum absolute atomic E-state index is 0.0626. The van der Waals surface area contributed by atoms with E-state index in [-0.39, 0.29) is 11.6 Å². The van der Waals surface area contributed by atoms with Crippen LogP contribution >= 0.6 is 11.8 Å². The number of carbonyl (C=O) groups is 1. The summed E-state index contributed by atoms with van der Waals surface area (Å²) in [5.41, 5.74) is 2.37. The molecular weight excluding hydrogens is 354 g/mol. The normalized spacial score (nSPS) is 10.5. The standard InChI is InChI=1S/C17H15N5O3S/c1-12(23)19-14-5-3-6-15(9-14)21-11-18-20-17(21)26-10-13-4-2-7-16(8-13)22(24)25/h2-9,11H,10H2,1H3,(H,19,23). The van der Waals surface area contributed by atoms with Crippen molar-refractivity contribution in [3.63, 3.8) is 0 Å². The summed E-state index contributed by atoms with van der Waals surface area (Å²) in [7, 11) is 0. The number of nitrogens with one attached hydrogen (secondary N) is 1. The van der Waals surface area contributed by atoms with Gasteiger partial charge in [0.1, 0.15) is 6.33 Å². The molecular formula is C17H15N5O3S. The number of nitro benzene ring substituents is 1. The van der Waals surface area contributed by atoms with Crippen molar-refractivity contribution in [3.05, 3.63) is 70.5 Å². The zero-order valence-electron chi connectivity index (χ0n) is 13.8. The zero-order valence-corrected chi connectivity index (χ0v) is 14.6. The van der Waals surface area contributed by atoms with Crippen LogP contribution in [0.1, 0.15) is 12.5 Å². The molecule has 0 aliphatic rings. The van der Waals surface area contributed by atoms with E-state index in [1.165, 1.54) is 24.8 Å². The second-order valence-electron chi connectivity index (χ2n) is 5.43. The molecule has 0 aliphatic heterocycles. The van der Waals surface area contributed by atoms with Gasteiger partial charge >= 0.3 is 0 Å². The maximum Gasteiger partial charge on any atom is 0.269 e. The number of hydrogen-bond acceptors (Lipinski definition) is 6. The van der Waals surface area contributed by atoms with Crippen LogP contribution in [0.3, 0.4) is 0 Å². The molecule has 0 atom stereocenters. The van der Waals surface area contributed by atoms with Crippen molar-refractivity contribution in [2.24, 2.45) is 0 Å². The van der Waals surface area contributed by atoms with Crippen LogP contribution < -0.4 is 5.32 Å². The number of rotatable bonds is 6. The summed E-state index contributed by atoms with van der Waals surface area (Å²) in [4.78, 5) is 21.7. The molecule has 1 heterocycles. The number of aromatic nitrogens is 3. The monoisotopic (exact) mass is 369 g/mol. The highest BCUT2D eigenvalue weighted by Gasteiger charge is 2.10. The molecule has 3 rings (SSSR count). The summed E-state index contributed by atoms with van der Waals surface area (Å²) in [6, 6.07) is 13.8. The van der Waals surface area contributed by atoms with E-state index in [0.717, 1.165) is 11.3 Å². The third kappa shape index (κ3) is 4.25. The average molecular weight is 369 g/mol. The Hall–Kier alpha value is -3.20. The topological polar surface area (TPSA) is 103 Å². The lowest BCUT2D eigenvalue weighted by molar-refractivity contribution is -0.384. The molecule has 8 nitrogen and oxygen atoms in total. The van der Waals surface area contributed by atoms with E-state index in [9.17, 15) is 14.9 Å². The second-order valence-corrected chi connectivity index (χ2v) is 6.37. The molecule has 3 aromatic rings. The molecule has 0 spiro atoms. The lowest BCUT2D eigenvalue weighted by atomic mass is 10.2. The van der Waals surface area contributed by atoms with Crippen molar-refractivity contribution in [1.82, 2.24) is 14.8 Å². The van der Waals surface area contributed by atoms with E-state index in [0.29, 0.717) is 16.6 Å². The fourth-order valence-corrected chi connectivity index (χ4v) is 3.22. The van der Waals surface area contributed by atoms with Gasteiger partial charge in [-0.15, -0.1) is 10.2 Å². The molecule has 2 aromatic carbocycles. The van der Waals surface area contributed by atoms with Gasteiger partial charge in [-0.05, 0) is 23.8 Å². The first-order valence-corrected chi connectivity index (χ1v) is 8.65. The Bertz CT molecular complexity index is 957. The van der Waals surface area contributed by atoms with Gasteiger partial charge in [-0.25, -0.2) is 0 Å². The van der Waals surface area contributed by atoms with Gasteiger partial charge in [0, 0.05) is 30.5 Å². The minimum Gasteiger partial charge on any atom is -0.326 e. The zero-order chi connectivity index (χ0) is 18.5. The summed E-state index contributed by atoms with van der Waals surface area (Å²) in [5.74, 6) is 0.373. The Labute approximate surface area is 153 Å². The summed E-state index contributed by atoms with van der Waals surface area (Å²) < 4.78 is 1.80. The second kappa shape index (κ2) is 7.79.